The number of hydrogen-bond acceptors (Lipinski definition) is 4. The van der Waals surface area contributed by atoms with Crippen LogP contribution >= 0.6 is 0 Å². The van der Waals surface area contributed by atoms with Crippen LogP contribution in [-0.4, -0.2) is 31.7 Å². The van der Waals surface area contributed by atoms with Crippen molar-refractivity contribution in [1.82, 2.24) is 5.32 Å². The zero-order valence-corrected chi connectivity index (χ0v) is 12.2. The van der Waals surface area contributed by atoms with Gasteiger partial charge in [-0.2, -0.15) is 0 Å². The van der Waals surface area contributed by atoms with Gasteiger partial charge in [-0.15, -0.1) is 0 Å². The Kier molecular flexibility index (Phi) is 7.50. The number of primary amides is 1. The minimum absolute atomic E-state index is 0.341. The number of carbonyl (C=O) groups is 1. The summed E-state index contributed by atoms with van der Waals surface area (Å²) in [6, 6.07) is 7.13. The lowest BCUT2D eigenvalue weighted by Crippen LogP contribution is -2.42. The molecule has 1 aromatic rings. The van der Waals surface area contributed by atoms with Gasteiger partial charge in [-0.3, -0.25) is 4.79 Å². The molecule has 0 aliphatic heterocycles. The van der Waals surface area contributed by atoms with Crippen molar-refractivity contribution in [3.8, 4) is 11.5 Å². The van der Waals surface area contributed by atoms with E-state index in [4.69, 9.17) is 15.2 Å². The van der Waals surface area contributed by atoms with Crippen molar-refractivity contribution in [3.63, 3.8) is 0 Å². The van der Waals surface area contributed by atoms with Crippen molar-refractivity contribution >= 4 is 5.91 Å². The van der Waals surface area contributed by atoms with E-state index < -0.39 is 0 Å². The summed E-state index contributed by atoms with van der Waals surface area (Å²) >= 11 is 0. The van der Waals surface area contributed by atoms with Gasteiger partial charge in [0.15, 0.2) is 0 Å². The number of nitrogens with two attached hydrogens (primary N) is 1. The Balaban J connectivity index is 2.35. The van der Waals surface area contributed by atoms with Crippen LogP contribution in [0.5, 0.6) is 11.5 Å². The first kappa shape index (κ1) is 16.3. The van der Waals surface area contributed by atoms with Gasteiger partial charge in [0.25, 0.3) is 0 Å². The summed E-state index contributed by atoms with van der Waals surface area (Å²) in [6.45, 7) is 5.86. The highest BCUT2D eigenvalue weighted by Crippen LogP contribution is 2.17. The highest BCUT2D eigenvalue weighted by Gasteiger charge is 2.13. The Bertz CT molecular complexity index is 393. The third kappa shape index (κ3) is 5.93. The van der Waals surface area contributed by atoms with E-state index in [-0.39, 0.29) is 11.9 Å². The summed E-state index contributed by atoms with van der Waals surface area (Å²) < 4.78 is 11.1. The summed E-state index contributed by atoms with van der Waals surface area (Å²) in [5, 5.41) is 3.03. The normalized spacial score (nSPS) is 11.9. The monoisotopic (exact) mass is 280 g/mol. The van der Waals surface area contributed by atoms with Crippen LogP contribution in [-0.2, 0) is 4.79 Å². The van der Waals surface area contributed by atoms with Crippen LogP contribution in [0.25, 0.3) is 0 Å². The van der Waals surface area contributed by atoms with Crippen LogP contribution in [0.1, 0.15) is 26.7 Å². The smallest absolute Gasteiger partial charge is 0.234 e. The Hall–Kier alpha value is -1.75. The van der Waals surface area contributed by atoms with E-state index >= 15 is 0 Å². The van der Waals surface area contributed by atoms with E-state index in [0.717, 1.165) is 17.9 Å². The van der Waals surface area contributed by atoms with Crippen molar-refractivity contribution in [1.29, 1.82) is 0 Å². The lowest BCUT2D eigenvalue weighted by Gasteiger charge is -2.14. The second-order valence-electron chi connectivity index (χ2n) is 4.47. The quantitative estimate of drug-likeness (QED) is 0.684. The zero-order chi connectivity index (χ0) is 14.8. The highest BCUT2D eigenvalue weighted by molar-refractivity contribution is 5.79. The highest BCUT2D eigenvalue weighted by atomic mass is 16.5. The lowest BCUT2D eigenvalue weighted by molar-refractivity contribution is -0.120. The fraction of sp³-hybridized carbons (Fsp3) is 0.533. The predicted octanol–water partition coefficient (Wildman–Crippen LogP) is 1.71. The molecule has 0 radical (unpaired) electrons. The Morgan fingerprint density at radius 2 is 1.70 bits per heavy atom. The number of carbonyl (C=O) groups excluding carboxylic acids is 1. The van der Waals surface area contributed by atoms with Gasteiger partial charge in [0.1, 0.15) is 11.5 Å². The summed E-state index contributed by atoms with van der Waals surface area (Å²) in [5.41, 5.74) is 5.30. The summed E-state index contributed by atoms with van der Waals surface area (Å²) in [7, 11) is 0. The summed E-state index contributed by atoms with van der Waals surface area (Å²) in [6.07, 6.45) is 1.54. The van der Waals surface area contributed by atoms with Crippen LogP contribution in [0.2, 0.25) is 0 Å². The van der Waals surface area contributed by atoms with E-state index in [9.17, 15) is 4.79 Å². The molecule has 112 valence electrons. The molecule has 0 aliphatic rings. The third-order valence-corrected chi connectivity index (χ3v) is 2.77. The van der Waals surface area contributed by atoms with E-state index in [0.29, 0.717) is 26.2 Å². The number of amides is 1. The summed E-state index contributed by atoms with van der Waals surface area (Å²) in [4.78, 5) is 11.2. The molecule has 0 fully saturated rings. The van der Waals surface area contributed by atoms with E-state index in [1.807, 2.05) is 31.2 Å². The third-order valence-electron chi connectivity index (χ3n) is 2.77. The Labute approximate surface area is 120 Å². The molecule has 5 nitrogen and oxygen atoms in total. The van der Waals surface area contributed by atoms with Gasteiger partial charge in [-0.25, -0.2) is 0 Å². The van der Waals surface area contributed by atoms with Gasteiger partial charge in [0, 0.05) is 6.42 Å². The number of likely N-dealkylation sites (N-methyl/N-ethyl adjacent to an activating group) is 1. The largest absolute Gasteiger partial charge is 0.494 e. The molecule has 1 aromatic carbocycles. The first-order valence-electron chi connectivity index (χ1n) is 7.05. The minimum Gasteiger partial charge on any atom is -0.494 e. The van der Waals surface area contributed by atoms with Crippen molar-refractivity contribution in [2.24, 2.45) is 5.73 Å². The number of ether oxygens (including phenoxy) is 2. The predicted molar refractivity (Wildman–Crippen MR) is 79.0 cm³/mol. The minimum atomic E-state index is -0.348. The molecular formula is C15H24N2O3. The van der Waals surface area contributed by atoms with Gasteiger partial charge in [0.05, 0.1) is 19.3 Å². The molecule has 5 heteroatoms. The van der Waals surface area contributed by atoms with Gasteiger partial charge in [-0.05, 0) is 37.2 Å². The topological polar surface area (TPSA) is 73.6 Å². The molecule has 20 heavy (non-hydrogen) atoms. The average molecular weight is 280 g/mol. The molecule has 1 atom stereocenters. The molecule has 0 saturated carbocycles. The molecule has 0 bridgehead atoms. The first-order chi connectivity index (χ1) is 9.67. The number of benzene rings is 1. The van der Waals surface area contributed by atoms with Gasteiger partial charge in [-0.1, -0.05) is 13.8 Å². The standard InChI is InChI=1S/C15H24N2O3/c1-3-10-19-12-5-7-13(8-6-12)20-11-9-14(15(16)18)17-4-2/h5-8,14,17H,3-4,9-11H2,1-2H3,(H2,16,18). The van der Waals surface area contributed by atoms with Gasteiger partial charge >= 0.3 is 0 Å². The molecule has 0 aromatic heterocycles. The maximum atomic E-state index is 11.2. The number of nitrogens with one attached hydrogen (secondary N) is 1. The SMILES string of the molecule is CCCOc1ccc(OCCC(NCC)C(N)=O)cc1. The molecule has 0 spiro atoms. The fourth-order valence-electron chi connectivity index (χ4n) is 1.74. The van der Waals surface area contributed by atoms with Crippen molar-refractivity contribution in [2.75, 3.05) is 19.8 Å². The maximum Gasteiger partial charge on any atom is 0.234 e. The fourth-order valence-corrected chi connectivity index (χ4v) is 1.74. The van der Waals surface area contributed by atoms with Crippen molar-refractivity contribution in [2.45, 2.75) is 32.7 Å². The lowest BCUT2D eigenvalue weighted by atomic mass is 10.2. The van der Waals surface area contributed by atoms with E-state index in [1.54, 1.807) is 0 Å². The van der Waals surface area contributed by atoms with E-state index in [2.05, 4.69) is 12.2 Å². The molecule has 0 saturated heterocycles. The van der Waals surface area contributed by atoms with Crippen molar-refractivity contribution in [3.05, 3.63) is 24.3 Å². The Morgan fingerprint density at radius 1 is 1.15 bits per heavy atom. The first-order valence-corrected chi connectivity index (χ1v) is 7.05. The molecule has 0 heterocycles. The van der Waals surface area contributed by atoms with E-state index in [1.165, 1.54) is 0 Å². The molecule has 1 unspecified atom stereocenters. The van der Waals surface area contributed by atoms with Crippen molar-refractivity contribution < 1.29 is 14.3 Å². The second kappa shape index (κ2) is 9.20. The summed E-state index contributed by atoms with van der Waals surface area (Å²) in [5.74, 6) is 1.24. The molecule has 1 rings (SSSR count). The average Bonchev–Trinajstić information content (AvgIpc) is 2.45. The molecule has 3 N–H and O–H groups in total. The van der Waals surface area contributed by atoms with Gasteiger partial charge in [0.2, 0.25) is 5.91 Å². The van der Waals surface area contributed by atoms with Crippen LogP contribution < -0.4 is 20.5 Å². The van der Waals surface area contributed by atoms with Crippen LogP contribution in [0.15, 0.2) is 24.3 Å². The van der Waals surface area contributed by atoms with Crippen LogP contribution in [0.3, 0.4) is 0 Å². The molecule has 0 aliphatic carbocycles. The number of hydrogen-bond donors (Lipinski definition) is 2. The maximum absolute atomic E-state index is 11.2. The molecule has 1 amide bonds. The zero-order valence-electron chi connectivity index (χ0n) is 12.2. The molecular weight excluding hydrogens is 256 g/mol. The van der Waals surface area contributed by atoms with Gasteiger partial charge < -0.3 is 20.5 Å². The second-order valence-corrected chi connectivity index (χ2v) is 4.47. The Morgan fingerprint density at radius 3 is 2.15 bits per heavy atom. The number of rotatable bonds is 10. The van der Waals surface area contributed by atoms with Crippen LogP contribution in [0.4, 0.5) is 0 Å². The van der Waals surface area contributed by atoms with Crippen LogP contribution in [0, 0.1) is 0 Å².